The predicted octanol–water partition coefficient (Wildman–Crippen LogP) is 5.48. The van der Waals surface area contributed by atoms with Crippen molar-refractivity contribution in [3.8, 4) is 11.4 Å². The molecule has 1 heterocycles. The van der Waals surface area contributed by atoms with Crippen LogP contribution in [0.2, 0.25) is 15.1 Å². The van der Waals surface area contributed by atoms with Crippen molar-refractivity contribution >= 4 is 58.2 Å². The van der Waals surface area contributed by atoms with Gasteiger partial charge in [0.05, 0.1) is 26.5 Å². The van der Waals surface area contributed by atoms with Crippen LogP contribution < -0.4 is 5.32 Å². The Morgan fingerprint density at radius 1 is 1.07 bits per heavy atom. The van der Waals surface area contributed by atoms with Gasteiger partial charge in [-0.2, -0.15) is 0 Å². The molecule has 0 saturated carbocycles. The minimum Gasteiger partial charge on any atom is -0.324 e. The first-order chi connectivity index (χ1) is 12.8. The Hall–Kier alpha value is -1.73. The number of benzene rings is 2. The minimum atomic E-state index is -0.236. The molecular weight excluding hydrogens is 427 g/mol. The van der Waals surface area contributed by atoms with E-state index in [1.54, 1.807) is 0 Å². The van der Waals surface area contributed by atoms with E-state index in [9.17, 15) is 4.79 Å². The number of hydrogen-bond donors (Lipinski definition) is 1. The number of rotatable bonds is 5. The highest BCUT2D eigenvalue weighted by Crippen LogP contribution is 2.32. The van der Waals surface area contributed by atoms with Crippen molar-refractivity contribution in [3.63, 3.8) is 0 Å². The van der Waals surface area contributed by atoms with Crippen molar-refractivity contribution in [2.24, 2.45) is 7.05 Å². The van der Waals surface area contributed by atoms with Crippen molar-refractivity contribution in [3.05, 3.63) is 57.0 Å². The number of carbonyl (C=O) groups excluding carboxylic acids is 1. The predicted molar refractivity (Wildman–Crippen MR) is 112 cm³/mol. The topological polar surface area (TPSA) is 59.8 Å². The van der Waals surface area contributed by atoms with Crippen LogP contribution in [0.25, 0.3) is 11.4 Å². The summed E-state index contributed by atoms with van der Waals surface area (Å²) in [4.78, 5) is 12.2. The molecule has 27 heavy (non-hydrogen) atoms. The minimum absolute atomic E-state index is 0.149. The van der Waals surface area contributed by atoms with Crippen LogP contribution in [0.4, 0.5) is 5.69 Å². The first kappa shape index (κ1) is 20.0. The maximum Gasteiger partial charge on any atom is 0.234 e. The van der Waals surface area contributed by atoms with E-state index in [0.29, 0.717) is 25.9 Å². The zero-order valence-corrected chi connectivity index (χ0v) is 17.5. The van der Waals surface area contributed by atoms with E-state index in [0.717, 1.165) is 11.4 Å². The molecule has 9 heteroatoms. The SMILES string of the molecule is Cc1ccc(-c2nnc(SCC(=O)Nc3cc(Cl)c(Cl)cc3Cl)n2C)cc1. The molecule has 0 aliphatic rings. The van der Waals surface area contributed by atoms with Crippen LogP contribution in [-0.2, 0) is 11.8 Å². The molecule has 0 spiro atoms. The van der Waals surface area contributed by atoms with Gasteiger partial charge >= 0.3 is 0 Å². The summed E-state index contributed by atoms with van der Waals surface area (Å²) in [7, 11) is 1.87. The number of nitrogens with zero attached hydrogens (tertiary/aromatic N) is 3. The zero-order chi connectivity index (χ0) is 19.6. The Bertz CT molecular complexity index is 989. The van der Waals surface area contributed by atoms with Crippen LogP contribution >= 0.6 is 46.6 Å². The van der Waals surface area contributed by atoms with E-state index in [4.69, 9.17) is 34.8 Å². The Kier molecular flexibility index (Phi) is 6.32. The van der Waals surface area contributed by atoms with E-state index in [2.05, 4.69) is 15.5 Å². The highest BCUT2D eigenvalue weighted by atomic mass is 35.5. The van der Waals surface area contributed by atoms with Gasteiger partial charge in [-0.05, 0) is 19.1 Å². The molecule has 1 N–H and O–H groups in total. The monoisotopic (exact) mass is 440 g/mol. The number of hydrogen-bond acceptors (Lipinski definition) is 4. The van der Waals surface area contributed by atoms with Crippen LogP contribution in [0, 0.1) is 6.92 Å². The van der Waals surface area contributed by atoms with E-state index < -0.39 is 0 Å². The van der Waals surface area contributed by atoms with Crippen molar-refractivity contribution in [1.29, 1.82) is 0 Å². The smallest absolute Gasteiger partial charge is 0.234 e. The molecule has 2 aromatic carbocycles. The molecule has 0 aliphatic heterocycles. The largest absolute Gasteiger partial charge is 0.324 e. The normalized spacial score (nSPS) is 10.9. The maximum absolute atomic E-state index is 12.2. The molecule has 3 aromatic rings. The van der Waals surface area contributed by atoms with Gasteiger partial charge in [0.25, 0.3) is 0 Å². The quantitative estimate of drug-likeness (QED) is 0.420. The van der Waals surface area contributed by atoms with Gasteiger partial charge in [-0.15, -0.1) is 10.2 Å². The van der Waals surface area contributed by atoms with Gasteiger partial charge in [0.2, 0.25) is 5.91 Å². The van der Waals surface area contributed by atoms with Crippen molar-refractivity contribution in [2.75, 3.05) is 11.1 Å². The molecular formula is C18H15Cl3N4OS. The number of aryl methyl sites for hydroxylation is 1. The summed E-state index contributed by atoms with van der Waals surface area (Å²) in [5.74, 6) is 0.654. The summed E-state index contributed by atoms with van der Waals surface area (Å²) in [5.41, 5.74) is 2.55. The van der Waals surface area contributed by atoms with Gasteiger partial charge in [-0.3, -0.25) is 4.79 Å². The average Bonchev–Trinajstić information content (AvgIpc) is 2.99. The van der Waals surface area contributed by atoms with Crippen LogP contribution in [0.3, 0.4) is 0 Å². The molecule has 0 unspecified atom stereocenters. The van der Waals surface area contributed by atoms with Crippen molar-refractivity contribution in [1.82, 2.24) is 14.8 Å². The molecule has 3 rings (SSSR count). The molecule has 140 valence electrons. The molecule has 1 amide bonds. The molecule has 5 nitrogen and oxygen atoms in total. The number of carbonyl (C=O) groups is 1. The molecule has 0 fully saturated rings. The molecule has 0 aliphatic carbocycles. The Balaban J connectivity index is 1.66. The second-order valence-corrected chi connectivity index (χ2v) is 7.98. The molecule has 0 radical (unpaired) electrons. The lowest BCUT2D eigenvalue weighted by molar-refractivity contribution is -0.113. The molecule has 1 aromatic heterocycles. The first-order valence-electron chi connectivity index (χ1n) is 7.89. The highest BCUT2D eigenvalue weighted by molar-refractivity contribution is 7.99. The third-order valence-corrected chi connectivity index (χ3v) is 5.82. The maximum atomic E-state index is 12.2. The highest BCUT2D eigenvalue weighted by Gasteiger charge is 2.14. The van der Waals surface area contributed by atoms with Gasteiger partial charge in [-0.25, -0.2) is 0 Å². The number of thioether (sulfide) groups is 1. The Labute approximate surface area is 176 Å². The summed E-state index contributed by atoms with van der Waals surface area (Å²) in [6.07, 6.45) is 0. The summed E-state index contributed by atoms with van der Waals surface area (Å²) < 4.78 is 1.86. The zero-order valence-electron chi connectivity index (χ0n) is 14.5. The standard InChI is InChI=1S/C18H15Cl3N4OS/c1-10-3-5-11(6-4-10)17-23-24-18(25(17)2)27-9-16(26)22-15-8-13(20)12(19)7-14(15)21/h3-8H,9H2,1-2H3,(H,22,26). The number of anilines is 1. The van der Waals surface area contributed by atoms with Gasteiger partial charge in [-0.1, -0.05) is 76.4 Å². The van der Waals surface area contributed by atoms with Crippen LogP contribution in [0.15, 0.2) is 41.6 Å². The lowest BCUT2D eigenvalue weighted by Crippen LogP contribution is -2.14. The second-order valence-electron chi connectivity index (χ2n) is 5.81. The number of aromatic nitrogens is 3. The van der Waals surface area contributed by atoms with Crippen LogP contribution in [-0.4, -0.2) is 26.4 Å². The average molecular weight is 442 g/mol. The first-order valence-corrected chi connectivity index (χ1v) is 10.0. The van der Waals surface area contributed by atoms with E-state index in [1.165, 1.54) is 29.5 Å². The second kappa shape index (κ2) is 8.52. The van der Waals surface area contributed by atoms with Gasteiger partial charge in [0.15, 0.2) is 11.0 Å². The van der Waals surface area contributed by atoms with E-state index in [1.807, 2.05) is 42.8 Å². The Morgan fingerprint density at radius 2 is 1.74 bits per heavy atom. The third-order valence-electron chi connectivity index (χ3n) is 3.76. The van der Waals surface area contributed by atoms with Crippen LogP contribution in [0.5, 0.6) is 0 Å². The third kappa shape index (κ3) is 4.76. The summed E-state index contributed by atoms with van der Waals surface area (Å²) in [6.45, 7) is 2.03. The summed E-state index contributed by atoms with van der Waals surface area (Å²) in [6, 6.07) is 11.0. The van der Waals surface area contributed by atoms with E-state index in [-0.39, 0.29) is 11.7 Å². The lowest BCUT2D eigenvalue weighted by Gasteiger charge is -2.08. The Morgan fingerprint density at radius 3 is 2.44 bits per heavy atom. The fraction of sp³-hybridized carbons (Fsp3) is 0.167. The van der Waals surface area contributed by atoms with E-state index >= 15 is 0 Å². The molecule has 0 atom stereocenters. The summed E-state index contributed by atoms with van der Waals surface area (Å²) in [5, 5.41) is 12.7. The number of nitrogens with one attached hydrogen (secondary N) is 1. The number of halogens is 3. The molecule has 0 saturated heterocycles. The fourth-order valence-electron chi connectivity index (χ4n) is 2.33. The van der Waals surface area contributed by atoms with Crippen molar-refractivity contribution in [2.45, 2.75) is 12.1 Å². The van der Waals surface area contributed by atoms with Gasteiger partial charge < -0.3 is 9.88 Å². The van der Waals surface area contributed by atoms with Gasteiger partial charge in [0.1, 0.15) is 0 Å². The lowest BCUT2D eigenvalue weighted by atomic mass is 10.1. The van der Waals surface area contributed by atoms with Gasteiger partial charge in [0, 0.05) is 12.6 Å². The molecule has 0 bridgehead atoms. The fourth-order valence-corrected chi connectivity index (χ4v) is 3.63. The summed E-state index contributed by atoms with van der Waals surface area (Å²) >= 11 is 19.2. The van der Waals surface area contributed by atoms with Crippen molar-refractivity contribution < 1.29 is 4.79 Å². The number of amides is 1. The van der Waals surface area contributed by atoms with Crippen LogP contribution in [0.1, 0.15) is 5.56 Å².